The number of nitrogens with one attached hydrogen (secondary N) is 1. The molecule has 0 aromatic carbocycles. The van der Waals surface area contributed by atoms with Crippen LogP contribution in [0.5, 0.6) is 0 Å². The van der Waals surface area contributed by atoms with Crippen LogP contribution in [0.15, 0.2) is 10.6 Å². The molecule has 0 aliphatic heterocycles. The summed E-state index contributed by atoms with van der Waals surface area (Å²) in [5, 5.41) is 15.9. The zero-order valence-corrected chi connectivity index (χ0v) is 11.7. The zero-order chi connectivity index (χ0) is 14.3. The predicted molar refractivity (Wildman–Crippen MR) is 69.7 cm³/mol. The summed E-state index contributed by atoms with van der Waals surface area (Å²) in [7, 11) is 1.54. The van der Waals surface area contributed by atoms with E-state index in [0.717, 1.165) is 12.8 Å². The lowest BCUT2D eigenvalue weighted by atomic mass is 9.83. The lowest BCUT2D eigenvalue weighted by Crippen LogP contribution is -2.39. The average Bonchev–Trinajstić information content (AvgIpc) is 2.90. The van der Waals surface area contributed by atoms with E-state index >= 15 is 0 Å². The van der Waals surface area contributed by atoms with Crippen molar-refractivity contribution in [2.24, 2.45) is 5.41 Å². The molecule has 0 aliphatic rings. The zero-order valence-electron chi connectivity index (χ0n) is 11.7. The van der Waals surface area contributed by atoms with Gasteiger partial charge in [0.1, 0.15) is 6.61 Å². The van der Waals surface area contributed by atoms with Crippen LogP contribution in [0, 0.1) is 5.41 Å². The maximum Gasteiger partial charge on any atom is 0.273 e. The fraction of sp³-hybridized carbons (Fsp3) is 0.692. The number of aliphatic hydroxyl groups excluding tert-OH is 1. The smallest absolute Gasteiger partial charge is 0.273 e. The van der Waals surface area contributed by atoms with Crippen LogP contribution < -0.4 is 5.32 Å². The molecular weight excluding hydrogens is 248 g/mol. The summed E-state index contributed by atoms with van der Waals surface area (Å²) >= 11 is 0. The van der Waals surface area contributed by atoms with Gasteiger partial charge in [-0.2, -0.15) is 0 Å². The SMILES string of the molecule is CCC(CC)(CO)CNC(=O)c1cc(COC)on1. The number of hydrogen-bond acceptors (Lipinski definition) is 5. The summed E-state index contributed by atoms with van der Waals surface area (Å²) in [5.74, 6) is 0.206. The molecule has 0 spiro atoms. The standard InChI is InChI=1S/C13H22N2O4/c1-4-13(5-2,9-16)8-14-12(17)11-6-10(7-18-3)19-15-11/h6,16H,4-5,7-9H2,1-3H3,(H,14,17). The molecule has 108 valence electrons. The second-order valence-electron chi connectivity index (χ2n) is 4.66. The average molecular weight is 270 g/mol. The highest BCUT2D eigenvalue weighted by Gasteiger charge is 2.26. The highest BCUT2D eigenvalue weighted by molar-refractivity contribution is 5.92. The van der Waals surface area contributed by atoms with E-state index in [2.05, 4.69) is 10.5 Å². The van der Waals surface area contributed by atoms with Crippen LogP contribution in [0.25, 0.3) is 0 Å². The number of methoxy groups -OCH3 is 1. The summed E-state index contributed by atoms with van der Waals surface area (Å²) in [4.78, 5) is 11.9. The van der Waals surface area contributed by atoms with Crippen molar-refractivity contribution < 1.29 is 19.2 Å². The van der Waals surface area contributed by atoms with Crippen molar-refractivity contribution >= 4 is 5.91 Å². The van der Waals surface area contributed by atoms with Crippen molar-refractivity contribution in [3.8, 4) is 0 Å². The van der Waals surface area contributed by atoms with E-state index in [0.29, 0.717) is 12.3 Å². The van der Waals surface area contributed by atoms with Gasteiger partial charge in [0.05, 0.1) is 6.61 Å². The Bertz CT molecular complexity index is 391. The van der Waals surface area contributed by atoms with Crippen LogP contribution in [-0.4, -0.2) is 36.4 Å². The van der Waals surface area contributed by atoms with Gasteiger partial charge in [0.2, 0.25) is 0 Å². The fourth-order valence-corrected chi connectivity index (χ4v) is 1.77. The van der Waals surface area contributed by atoms with Gasteiger partial charge >= 0.3 is 0 Å². The van der Waals surface area contributed by atoms with E-state index in [9.17, 15) is 9.90 Å². The van der Waals surface area contributed by atoms with Crippen molar-refractivity contribution in [1.82, 2.24) is 10.5 Å². The molecule has 1 aromatic heterocycles. The summed E-state index contributed by atoms with van der Waals surface area (Å²) in [6, 6.07) is 1.55. The largest absolute Gasteiger partial charge is 0.396 e. The van der Waals surface area contributed by atoms with E-state index in [1.807, 2.05) is 13.8 Å². The summed E-state index contributed by atoms with van der Waals surface area (Å²) in [6.45, 7) is 4.75. The Kier molecular flexibility index (Phi) is 5.98. The molecule has 0 fully saturated rings. The highest BCUT2D eigenvalue weighted by atomic mass is 16.5. The molecule has 0 saturated carbocycles. The number of amides is 1. The molecule has 1 amide bonds. The number of hydrogen-bond donors (Lipinski definition) is 2. The third-order valence-corrected chi connectivity index (χ3v) is 3.54. The third kappa shape index (κ3) is 4.04. The van der Waals surface area contributed by atoms with E-state index in [1.54, 1.807) is 13.2 Å². The van der Waals surface area contributed by atoms with Crippen LogP contribution in [0.3, 0.4) is 0 Å². The molecular formula is C13H22N2O4. The lowest BCUT2D eigenvalue weighted by Gasteiger charge is -2.29. The summed E-state index contributed by atoms with van der Waals surface area (Å²) in [5.41, 5.74) is -0.0412. The maximum atomic E-state index is 11.9. The fourth-order valence-electron chi connectivity index (χ4n) is 1.77. The molecule has 1 aromatic rings. The van der Waals surface area contributed by atoms with Gasteiger partial charge in [-0.15, -0.1) is 0 Å². The van der Waals surface area contributed by atoms with Crippen LogP contribution in [-0.2, 0) is 11.3 Å². The number of nitrogens with zero attached hydrogens (tertiary/aromatic N) is 1. The topological polar surface area (TPSA) is 84.6 Å². The Hall–Kier alpha value is -1.40. The second-order valence-corrected chi connectivity index (χ2v) is 4.66. The van der Waals surface area contributed by atoms with Crippen molar-refractivity contribution in [2.75, 3.05) is 20.3 Å². The van der Waals surface area contributed by atoms with Crippen LogP contribution in [0.2, 0.25) is 0 Å². The Morgan fingerprint density at radius 2 is 2.21 bits per heavy atom. The number of carbonyl (C=O) groups is 1. The van der Waals surface area contributed by atoms with Gasteiger partial charge in [0.25, 0.3) is 5.91 Å². The molecule has 19 heavy (non-hydrogen) atoms. The number of ether oxygens (including phenoxy) is 1. The van der Waals surface area contributed by atoms with E-state index in [-0.39, 0.29) is 30.2 Å². The molecule has 6 nitrogen and oxygen atoms in total. The first-order valence-electron chi connectivity index (χ1n) is 6.44. The van der Waals surface area contributed by atoms with E-state index < -0.39 is 0 Å². The van der Waals surface area contributed by atoms with Gasteiger partial charge in [-0.25, -0.2) is 0 Å². The Morgan fingerprint density at radius 1 is 1.53 bits per heavy atom. The van der Waals surface area contributed by atoms with E-state index in [1.165, 1.54) is 0 Å². The first-order chi connectivity index (χ1) is 9.10. The molecule has 0 aliphatic carbocycles. The molecule has 1 rings (SSSR count). The Morgan fingerprint density at radius 3 is 2.74 bits per heavy atom. The Balaban J connectivity index is 2.58. The Labute approximate surface area is 113 Å². The third-order valence-electron chi connectivity index (χ3n) is 3.54. The molecule has 6 heteroatoms. The molecule has 0 atom stereocenters. The quantitative estimate of drug-likeness (QED) is 0.745. The number of aliphatic hydroxyl groups is 1. The minimum Gasteiger partial charge on any atom is -0.396 e. The molecule has 1 heterocycles. The van der Waals surface area contributed by atoms with Crippen molar-refractivity contribution in [1.29, 1.82) is 0 Å². The summed E-state index contributed by atoms with van der Waals surface area (Å²) < 4.78 is 9.84. The van der Waals surface area contributed by atoms with Gasteiger partial charge in [-0.05, 0) is 12.8 Å². The molecule has 0 bridgehead atoms. The minimum atomic E-state index is -0.300. The van der Waals surface area contributed by atoms with Crippen molar-refractivity contribution in [3.63, 3.8) is 0 Å². The normalized spacial score (nSPS) is 11.6. The second kappa shape index (κ2) is 7.25. The van der Waals surface area contributed by atoms with Gasteiger partial charge < -0.3 is 19.7 Å². The molecule has 0 unspecified atom stereocenters. The monoisotopic (exact) mass is 270 g/mol. The molecule has 2 N–H and O–H groups in total. The number of rotatable bonds is 8. The van der Waals surface area contributed by atoms with Gasteiger partial charge in [0.15, 0.2) is 11.5 Å². The number of aromatic nitrogens is 1. The van der Waals surface area contributed by atoms with Gasteiger partial charge in [0, 0.05) is 25.1 Å². The highest BCUT2D eigenvalue weighted by Crippen LogP contribution is 2.24. The minimum absolute atomic E-state index is 0.0496. The molecule has 0 radical (unpaired) electrons. The van der Waals surface area contributed by atoms with Crippen LogP contribution in [0.4, 0.5) is 0 Å². The van der Waals surface area contributed by atoms with Crippen molar-refractivity contribution in [2.45, 2.75) is 33.3 Å². The summed E-state index contributed by atoms with van der Waals surface area (Å²) in [6.07, 6.45) is 1.60. The first-order valence-corrected chi connectivity index (χ1v) is 6.44. The lowest BCUT2D eigenvalue weighted by molar-refractivity contribution is 0.0843. The predicted octanol–water partition coefficient (Wildman–Crippen LogP) is 1.35. The molecule has 0 saturated heterocycles. The van der Waals surface area contributed by atoms with Crippen molar-refractivity contribution in [3.05, 3.63) is 17.5 Å². The van der Waals surface area contributed by atoms with Gasteiger partial charge in [-0.3, -0.25) is 4.79 Å². The van der Waals surface area contributed by atoms with E-state index in [4.69, 9.17) is 9.26 Å². The maximum absolute atomic E-state index is 11.9. The van der Waals surface area contributed by atoms with Crippen LogP contribution >= 0.6 is 0 Å². The van der Waals surface area contributed by atoms with Crippen LogP contribution in [0.1, 0.15) is 42.9 Å². The van der Waals surface area contributed by atoms with Gasteiger partial charge in [-0.1, -0.05) is 19.0 Å². The first kappa shape index (κ1) is 15.7. The number of carbonyl (C=O) groups excluding carboxylic acids is 1.